The van der Waals surface area contributed by atoms with Gasteiger partial charge in [0.25, 0.3) is 0 Å². The molecule has 4 nitrogen and oxygen atoms in total. The lowest BCUT2D eigenvalue weighted by Gasteiger charge is -2.42. The second-order valence-corrected chi connectivity index (χ2v) is 9.17. The number of fused-ring (bicyclic) bond motifs is 3. The number of piperidine rings is 1. The van der Waals surface area contributed by atoms with Crippen molar-refractivity contribution in [1.82, 2.24) is 9.88 Å². The number of carbonyl (C=O) groups is 1. The van der Waals surface area contributed by atoms with E-state index in [1.165, 1.54) is 11.6 Å². The molecule has 2 bridgehead atoms. The highest BCUT2D eigenvalue weighted by Crippen LogP contribution is 2.45. The molecule has 2 aromatic carbocycles. The highest BCUT2D eigenvalue weighted by Gasteiger charge is 2.45. The van der Waals surface area contributed by atoms with Gasteiger partial charge in [-0.3, -0.25) is 14.7 Å². The smallest absolute Gasteiger partial charge is 0.241 e. The fraction of sp³-hybridized carbons (Fsp3) is 0.360. The summed E-state index contributed by atoms with van der Waals surface area (Å²) >= 11 is 5.94. The van der Waals surface area contributed by atoms with Crippen LogP contribution in [-0.2, 0) is 4.79 Å². The summed E-state index contributed by atoms with van der Waals surface area (Å²) in [5.74, 6) is 0.135. The number of rotatable bonds is 4. The zero-order valence-electron chi connectivity index (χ0n) is 17.4. The van der Waals surface area contributed by atoms with Gasteiger partial charge in [0.15, 0.2) is 0 Å². The molecule has 3 atom stereocenters. The molecule has 2 fully saturated rings. The molecule has 2 saturated heterocycles. The number of aromatic nitrogens is 1. The maximum Gasteiger partial charge on any atom is 0.241 e. The van der Waals surface area contributed by atoms with Crippen LogP contribution in [0.5, 0.6) is 0 Å². The van der Waals surface area contributed by atoms with Gasteiger partial charge < -0.3 is 5.32 Å². The van der Waals surface area contributed by atoms with Crippen LogP contribution >= 0.6 is 11.6 Å². The van der Waals surface area contributed by atoms with E-state index in [1.807, 2.05) is 31.3 Å². The lowest BCUT2D eigenvalue weighted by Crippen LogP contribution is -2.51. The molecule has 31 heavy (non-hydrogen) atoms. The van der Waals surface area contributed by atoms with Crippen LogP contribution in [0, 0.1) is 5.82 Å². The molecule has 3 unspecified atom stereocenters. The highest BCUT2D eigenvalue weighted by atomic mass is 35.5. The molecule has 0 spiro atoms. The van der Waals surface area contributed by atoms with E-state index in [0.29, 0.717) is 23.0 Å². The number of carbonyl (C=O) groups excluding carboxylic acids is 1. The Labute approximate surface area is 186 Å². The maximum atomic E-state index is 13.9. The van der Waals surface area contributed by atoms with Crippen molar-refractivity contribution in [3.05, 3.63) is 71.1 Å². The number of anilines is 1. The molecule has 1 amide bonds. The van der Waals surface area contributed by atoms with Crippen molar-refractivity contribution in [2.24, 2.45) is 0 Å². The summed E-state index contributed by atoms with van der Waals surface area (Å²) in [4.78, 5) is 19.7. The third-order valence-corrected chi connectivity index (χ3v) is 7.16. The summed E-state index contributed by atoms with van der Waals surface area (Å²) in [6.07, 6.45) is 5.97. The number of hydrogen-bond acceptors (Lipinski definition) is 3. The number of hydrogen-bond donors (Lipinski definition) is 1. The van der Waals surface area contributed by atoms with Crippen molar-refractivity contribution < 1.29 is 9.18 Å². The van der Waals surface area contributed by atoms with Gasteiger partial charge in [-0.15, -0.1) is 0 Å². The Morgan fingerprint density at radius 3 is 2.55 bits per heavy atom. The van der Waals surface area contributed by atoms with Crippen molar-refractivity contribution >= 4 is 34.1 Å². The zero-order chi connectivity index (χ0) is 21.5. The molecular formula is C25H25ClFN3O. The number of pyridine rings is 1. The van der Waals surface area contributed by atoms with Crippen LogP contribution in [0.1, 0.15) is 44.1 Å². The Morgan fingerprint density at radius 1 is 1.13 bits per heavy atom. The molecule has 2 aliphatic rings. The van der Waals surface area contributed by atoms with E-state index in [0.717, 1.165) is 42.3 Å². The molecule has 1 aromatic heterocycles. The van der Waals surface area contributed by atoms with Crippen LogP contribution in [0.2, 0.25) is 5.02 Å². The molecule has 1 N–H and O–H groups in total. The lowest BCUT2D eigenvalue weighted by molar-refractivity contribution is -0.122. The molecule has 3 aromatic rings. The quantitative estimate of drug-likeness (QED) is 0.564. The van der Waals surface area contributed by atoms with E-state index in [4.69, 9.17) is 11.6 Å². The summed E-state index contributed by atoms with van der Waals surface area (Å²) in [6, 6.07) is 14.6. The van der Waals surface area contributed by atoms with Crippen LogP contribution < -0.4 is 5.32 Å². The first-order valence-electron chi connectivity index (χ1n) is 10.9. The third-order valence-electron chi connectivity index (χ3n) is 6.91. The molecule has 160 valence electrons. The molecular weight excluding hydrogens is 413 g/mol. The normalized spacial score (nSPS) is 24.3. The Morgan fingerprint density at radius 2 is 1.84 bits per heavy atom. The monoisotopic (exact) mass is 437 g/mol. The zero-order valence-corrected chi connectivity index (χ0v) is 18.1. The van der Waals surface area contributed by atoms with Crippen molar-refractivity contribution in [2.75, 3.05) is 5.32 Å². The minimum absolute atomic E-state index is 0.00843. The van der Waals surface area contributed by atoms with Gasteiger partial charge in [-0.25, -0.2) is 4.39 Å². The predicted octanol–water partition coefficient (Wildman–Crippen LogP) is 5.76. The Hall–Kier alpha value is -2.50. The number of halogens is 2. The van der Waals surface area contributed by atoms with Crippen LogP contribution in [0.4, 0.5) is 10.1 Å². The van der Waals surface area contributed by atoms with E-state index in [-0.39, 0.29) is 17.8 Å². The van der Waals surface area contributed by atoms with Gasteiger partial charge in [-0.2, -0.15) is 0 Å². The fourth-order valence-corrected chi connectivity index (χ4v) is 5.64. The van der Waals surface area contributed by atoms with Crippen molar-refractivity contribution in [2.45, 2.75) is 56.7 Å². The SMILES string of the molecule is CC(C(=O)Nc1ccc(Cl)cc1)N1C2CCC1CC(c1ccnc3ccc(F)cc13)C2. The average molecular weight is 438 g/mol. The summed E-state index contributed by atoms with van der Waals surface area (Å²) in [5.41, 5.74) is 2.78. The van der Waals surface area contributed by atoms with Crippen LogP contribution in [0.15, 0.2) is 54.7 Å². The van der Waals surface area contributed by atoms with Crippen LogP contribution in [-0.4, -0.2) is 33.9 Å². The summed E-state index contributed by atoms with van der Waals surface area (Å²) in [6.45, 7) is 1.99. The van der Waals surface area contributed by atoms with Crippen LogP contribution in [0.3, 0.4) is 0 Å². The minimum atomic E-state index is -0.227. The molecule has 0 radical (unpaired) electrons. The molecule has 2 aliphatic heterocycles. The molecule has 6 heteroatoms. The van der Waals surface area contributed by atoms with Crippen molar-refractivity contribution in [1.29, 1.82) is 0 Å². The minimum Gasteiger partial charge on any atom is -0.325 e. The summed E-state index contributed by atoms with van der Waals surface area (Å²) in [5, 5.41) is 4.58. The number of nitrogens with one attached hydrogen (secondary N) is 1. The molecule has 3 heterocycles. The van der Waals surface area contributed by atoms with Crippen molar-refractivity contribution in [3.63, 3.8) is 0 Å². The third kappa shape index (κ3) is 3.92. The van der Waals surface area contributed by atoms with Gasteiger partial charge in [0.1, 0.15) is 5.82 Å². The lowest BCUT2D eigenvalue weighted by atomic mass is 9.83. The number of amides is 1. The maximum absolute atomic E-state index is 13.9. The Balaban J connectivity index is 1.34. The summed E-state index contributed by atoms with van der Waals surface area (Å²) < 4.78 is 13.9. The molecule has 0 aliphatic carbocycles. The second-order valence-electron chi connectivity index (χ2n) is 8.73. The molecule has 0 saturated carbocycles. The van der Waals surface area contributed by atoms with Crippen molar-refractivity contribution in [3.8, 4) is 0 Å². The van der Waals surface area contributed by atoms with E-state index < -0.39 is 0 Å². The first kappa shape index (κ1) is 20.4. The number of benzene rings is 2. The fourth-order valence-electron chi connectivity index (χ4n) is 5.51. The van der Waals surface area contributed by atoms with Gasteiger partial charge >= 0.3 is 0 Å². The van der Waals surface area contributed by atoms with Gasteiger partial charge in [0.05, 0.1) is 11.6 Å². The van der Waals surface area contributed by atoms with Gasteiger partial charge in [-0.05, 0) is 92.6 Å². The molecule has 5 rings (SSSR count). The summed E-state index contributed by atoms with van der Waals surface area (Å²) in [7, 11) is 0. The highest BCUT2D eigenvalue weighted by molar-refractivity contribution is 6.30. The first-order valence-corrected chi connectivity index (χ1v) is 11.3. The Kier molecular flexibility index (Phi) is 5.40. The van der Waals surface area contributed by atoms with Gasteiger partial charge in [0, 0.05) is 34.4 Å². The number of nitrogens with zero attached hydrogens (tertiary/aromatic N) is 2. The second kappa shape index (κ2) is 8.21. The van der Waals surface area contributed by atoms with Gasteiger partial charge in [0.2, 0.25) is 5.91 Å². The Bertz CT molecular complexity index is 1110. The van der Waals surface area contributed by atoms with Crippen LogP contribution in [0.25, 0.3) is 10.9 Å². The van der Waals surface area contributed by atoms with E-state index in [2.05, 4.69) is 15.2 Å². The van der Waals surface area contributed by atoms with E-state index in [1.54, 1.807) is 24.3 Å². The largest absolute Gasteiger partial charge is 0.325 e. The first-order chi connectivity index (χ1) is 15.0. The van der Waals surface area contributed by atoms with E-state index in [9.17, 15) is 9.18 Å². The van der Waals surface area contributed by atoms with Gasteiger partial charge in [-0.1, -0.05) is 11.6 Å². The standard InChI is InChI=1S/C25H25ClFN3O/c1-15(25(31)29-19-5-2-17(26)3-6-19)30-20-7-8-21(30)13-16(12-20)22-10-11-28-24-9-4-18(27)14-23(22)24/h2-6,9-11,14-16,20-21H,7-8,12-13H2,1H3,(H,29,31). The predicted molar refractivity (Wildman–Crippen MR) is 122 cm³/mol. The topological polar surface area (TPSA) is 45.2 Å². The van der Waals surface area contributed by atoms with E-state index >= 15 is 0 Å². The average Bonchev–Trinajstić information content (AvgIpc) is 3.03.